The zero-order valence-electron chi connectivity index (χ0n) is 10.8. The van der Waals surface area contributed by atoms with Crippen LogP contribution >= 0.6 is 0 Å². The van der Waals surface area contributed by atoms with Gasteiger partial charge >= 0.3 is 11.7 Å². The Morgan fingerprint density at radius 2 is 2.16 bits per heavy atom. The van der Waals surface area contributed by atoms with E-state index in [0.717, 1.165) is 0 Å². The third-order valence-electron chi connectivity index (χ3n) is 2.51. The molecule has 104 valence electrons. The number of nitro benzene ring substituents is 1. The fourth-order valence-corrected chi connectivity index (χ4v) is 1.75. The molecule has 7 nitrogen and oxygen atoms in total. The van der Waals surface area contributed by atoms with Crippen molar-refractivity contribution < 1.29 is 19.6 Å². The van der Waals surface area contributed by atoms with E-state index in [-0.39, 0.29) is 23.7 Å². The number of benzene rings is 1. The molecule has 0 saturated carbocycles. The number of anilines is 1. The number of hydrogen-bond acceptors (Lipinski definition) is 5. The van der Waals surface area contributed by atoms with Gasteiger partial charge in [-0.2, -0.15) is 0 Å². The molecule has 0 heterocycles. The van der Waals surface area contributed by atoms with Gasteiger partial charge < -0.3 is 14.7 Å². The molecule has 0 aliphatic rings. The molecule has 7 heteroatoms. The van der Waals surface area contributed by atoms with E-state index in [1.54, 1.807) is 19.9 Å². The van der Waals surface area contributed by atoms with Crippen molar-refractivity contribution in [2.75, 3.05) is 24.6 Å². The number of para-hydroxylation sites is 1. The number of nitro groups is 1. The minimum atomic E-state index is -1.04. The Balaban J connectivity index is 3.28. The molecule has 1 aromatic carbocycles. The van der Waals surface area contributed by atoms with Crippen LogP contribution in [0.15, 0.2) is 18.2 Å². The summed E-state index contributed by atoms with van der Waals surface area (Å²) in [6, 6.07) is 4.63. The van der Waals surface area contributed by atoms with Crippen LogP contribution in [0.4, 0.5) is 11.4 Å². The number of carboxylic acids is 1. The molecule has 0 aromatic heterocycles. The van der Waals surface area contributed by atoms with E-state index in [2.05, 4.69) is 0 Å². The van der Waals surface area contributed by atoms with Crippen LogP contribution in [0.2, 0.25) is 0 Å². The third-order valence-corrected chi connectivity index (χ3v) is 2.51. The van der Waals surface area contributed by atoms with Crippen molar-refractivity contribution in [3.05, 3.63) is 28.3 Å². The number of carboxylic acid groups (broad SMARTS) is 1. The van der Waals surface area contributed by atoms with E-state index >= 15 is 0 Å². The Morgan fingerprint density at radius 1 is 1.47 bits per heavy atom. The first-order valence-electron chi connectivity index (χ1n) is 5.88. The zero-order valence-corrected chi connectivity index (χ0v) is 10.8. The smallest absolute Gasteiger partial charge is 0.333 e. The molecule has 19 heavy (non-hydrogen) atoms. The van der Waals surface area contributed by atoms with Gasteiger partial charge in [-0.25, -0.2) is 0 Å². The van der Waals surface area contributed by atoms with Crippen LogP contribution in [-0.2, 0) is 4.79 Å². The molecule has 0 aliphatic heterocycles. The summed E-state index contributed by atoms with van der Waals surface area (Å²) in [5.41, 5.74) is 0.0494. The first kappa shape index (κ1) is 14.7. The normalized spacial score (nSPS) is 10.0. The van der Waals surface area contributed by atoms with E-state index in [9.17, 15) is 14.9 Å². The summed E-state index contributed by atoms with van der Waals surface area (Å²) in [7, 11) is 0. The molecule has 0 fully saturated rings. The largest absolute Gasteiger partial charge is 0.487 e. The molecule has 0 radical (unpaired) electrons. The highest BCUT2D eigenvalue weighted by molar-refractivity contribution is 5.78. The van der Waals surface area contributed by atoms with Crippen molar-refractivity contribution in [3.63, 3.8) is 0 Å². The zero-order chi connectivity index (χ0) is 14.4. The lowest BCUT2D eigenvalue weighted by Gasteiger charge is -2.21. The van der Waals surface area contributed by atoms with Gasteiger partial charge in [0.1, 0.15) is 12.2 Å². The van der Waals surface area contributed by atoms with Crippen molar-refractivity contribution in [3.8, 4) is 5.75 Å². The Kier molecular flexibility index (Phi) is 5.11. The number of likely N-dealkylation sites (N-methyl/N-ethyl adjacent to an activating group) is 1. The fraction of sp³-hybridized carbons (Fsp3) is 0.417. The second kappa shape index (κ2) is 6.58. The van der Waals surface area contributed by atoms with Crippen molar-refractivity contribution in [1.82, 2.24) is 0 Å². The van der Waals surface area contributed by atoms with Crippen LogP contribution in [0.25, 0.3) is 0 Å². The van der Waals surface area contributed by atoms with E-state index in [4.69, 9.17) is 9.84 Å². The molecule has 0 saturated heterocycles. The molecule has 1 aromatic rings. The molecule has 0 bridgehead atoms. The number of hydrogen-bond donors (Lipinski definition) is 1. The van der Waals surface area contributed by atoms with Crippen molar-refractivity contribution in [2.45, 2.75) is 13.8 Å². The fourth-order valence-electron chi connectivity index (χ4n) is 1.75. The number of aliphatic carboxylic acids is 1. The van der Waals surface area contributed by atoms with E-state index < -0.39 is 10.9 Å². The van der Waals surface area contributed by atoms with Gasteiger partial charge in [-0.3, -0.25) is 14.9 Å². The molecule has 0 spiro atoms. The molecular weight excluding hydrogens is 252 g/mol. The van der Waals surface area contributed by atoms with Gasteiger partial charge in [0.25, 0.3) is 0 Å². The summed E-state index contributed by atoms with van der Waals surface area (Å²) in [6.45, 7) is 3.82. The standard InChI is InChI=1S/C12H16N2O5/c1-3-13(8-11(15)16)9-6-5-7-10(19-4-2)12(9)14(17)18/h5-7H,3-4,8H2,1-2H3,(H,15,16). The SMILES string of the molecule is CCOc1cccc(N(CC)CC(=O)O)c1[N+](=O)[O-]. The number of rotatable bonds is 7. The monoisotopic (exact) mass is 268 g/mol. The molecule has 0 amide bonds. The lowest BCUT2D eigenvalue weighted by molar-refractivity contribution is -0.385. The summed E-state index contributed by atoms with van der Waals surface area (Å²) in [6.07, 6.45) is 0. The second-order valence-corrected chi connectivity index (χ2v) is 3.72. The van der Waals surface area contributed by atoms with Crippen LogP contribution in [0.5, 0.6) is 5.75 Å². The maximum atomic E-state index is 11.2. The van der Waals surface area contributed by atoms with Crippen LogP contribution in [0.1, 0.15) is 13.8 Å². The van der Waals surface area contributed by atoms with Gasteiger partial charge in [0.05, 0.1) is 11.5 Å². The Labute approximate surface area is 110 Å². The predicted octanol–water partition coefficient (Wildman–Crippen LogP) is 1.90. The number of nitrogens with zero attached hydrogens (tertiary/aromatic N) is 2. The van der Waals surface area contributed by atoms with Crippen LogP contribution in [-0.4, -0.2) is 35.7 Å². The van der Waals surface area contributed by atoms with Gasteiger partial charge in [-0.1, -0.05) is 6.07 Å². The van der Waals surface area contributed by atoms with Crippen LogP contribution in [0.3, 0.4) is 0 Å². The van der Waals surface area contributed by atoms with Crippen LogP contribution < -0.4 is 9.64 Å². The maximum Gasteiger partial charge on any atom is 0.333 e. The molecular formula is C12H16N2O5. The van der Waals surface area contributed by atoms with E-state index in [1.165, 1.54) is 17.0 Å². The first-order valence-corrected chi connectivity index (χ1v) is 5.88. The Bertz CT molecular complexity index is 475. The highest BCUT2D eigenvalue weighted by atomic mass is 16.6. The average Bonchev–Trinajstić information content (AvgIpc) is 2.35. The topological polar surface area (TPSA) is 92.9 Å². The molecule has 0 unspecified atom stereocenters. The quantitative estimate of drug-likeness (QED) is 0.599. The minimum Gasteiger partial charge on any atom is -0.487 e. The maximum absolute atomic E-state index is 11.2. The second-order valence-electron chi connectivity index (χ2n) is 3.72. The predicted molar refractivity (Wildman–Crippen MR) is 69.8 cm³/mol. The van der Waals surface area contributed by atoms with Crippen molar-refractivity contribution in [1.29, 1.82) is 0 Å². The highest BCUT2D eigenvalue weighted by Gasteiger charge is 2.25. The molecule has 1 N–H and O–H groups in total. The van der Waals surface area contributed by atoms with Gasteiger partial charge in [-0.15, -0.1) is 0 Å². The molecule has 0 aliphatic carbocycles. The van der Waals surface area contributed by atoms with Gasteiger partial charge in [0.2, 0.25) is 0 Å². The minimum absolute atomic E-state index is 0.147. The lowest BCUT2D eigenvalue weighted by atomic mass is 10.2. The summed E-state index contributed by atoms with van der Waals surface area (Å²) >= 11 is 0. The summed E-state index contributed by atoms with van der Waals surface area (Å²) in [4.78, 5) is 22.8. The third kappa shape index (κ3) is 3.57. The van der Waals surface area contributed by atoms with Gasteiger partial charge in [0, 0.05) is 6.54 Å². The van der Waals surface area contributed by atoms with Gasteiger partial charge in [0.15, 0.2) is 5.75 Å². The Hall–Kier alpha value is -2.31. The van der Waals surface area contributed by atoms with Crippen LogP contribution in [0, 0.1) is 10.1 Å². The number of carbonyl (C=O) groups is 1. The average molecular weight is 268 g/mol. The van der Waals surface area contributed by atoms with Crippen molar-refractivity contribution in [2.24, 2.45) is 0 Å². The first-order chi connectivity index (χ1) is 9.01. The lowest BCUT2D eigenvalue weighted by Crippen LogP contribution is -2.30. The summed E-state index contributed by atoms with van der Waals surface area (Å²) in [5.74, 6) is -0.896. The van der Waals surface area contributed by atoms with Crippen molar-refractivity contribution >= 4 is 17.3 Å². The summed E-state index contributed by atoms with van der Waals surface area (Å²) < 4.78 is 5.22. The summed E-state index contributed by atoms with van der Waals surface area (Å²) in [5, 5.41) is 20.0. The van der Waals surface area contributed by atoms with E-state index in [0.29, 0.717) is 13.2 Å². The van der Waals surface area contributed by atoms with Gasteiger partial charge in [-0.05, 0) is 26.0 Å². The molecule has 0 atom stereocenters. The van der Waals surface area contributed by atoms with E-state index in [1.807, 2.05) is 0 Å². The molecule has 1 rings (SSSR count). The number of ether oxygens (including phenoxy) is 1. The highest BCUT2D eigenvalue weighted by Crippen LogP contribution is 2.37. The Morgan fingerprint density at radius 3 is 2.63 bits per heavy atom.